The van der Waals surface area contributed by atoms with E-state index in [0.717, 1.165) is 0 Å². The molecule has 0 spiro atoms. The van der Waals surface area contributed by atoms with Crippen LogP contribution in [-0.2, 0) is 0 Å². The number of amides is 1. The Kier molecular flexibility index (Phi) is 4.15. The topological polar surface area (TPSA) is 104 Å². The lowest BCUT2D eigenvalue weighted by molar-refractivity contribution is 0.102. The number of carbonyl (C=O) groups is 1. The van der Waals surface area contributed by atoms with Gasteiger partial charge in [-0.2, -0.15) is 5.26 Å². The number of nitrogens with zero attached hydrogens (tertiary/aromatic N) is 2. The van der Waals surface area contributed by atoms with Gasteiger partial charge in [-0.25, -0.2) is 0 Å². The normalized spacial score (nSPS) is 9.65. The third-order valence-corrected chi connectivity index (χ3v) is 2.81. The predicted octanol–water partition coefficient (Wildman–Crippen LogP) is 2.14. The zero-order chi connectivity index (χ0) is 14.5. The molecule has 2 rings (SSSR count). The molecule has 0 bridgehead atoms. The van der Waals surface area contributed by atoms with Crippen molar-refractivity contribution in [1.29, 1.82) is 5.26 Å². The molecule has 2 aromatic rings. The Labute approximate surface area is 120 Å². The maximum atomic E-state index is 12.2. The van der Waals surface area contributed by atoms with Crippen molar-refractivity contribution >= 4 is 28.9 Å². The highest BCUT2D eigenvalue weighted by molar-refractivity contribution is 6.31. The fourth-order valence-corrected chi connectivity index (χ4v) is 1.79. The van der Waals surface area contributed by atoms with Crippen LogP contribution in [0.1, 0.15) is 15.9 Å². The van der Waals surface area contributed by atoms with Gasteiger partial charge in [0, 0.05) is 11.2 Å². The van der Waals surface area contributed by atoms with Crippen molar-refractivity contribution in [2.24, 2.45) is 5.84 Å². The Balaban J connectivity index is 2.33. The molecule has 1 aromatic carbocycles. The average molecular weight is 288 g/mol. The van der Waals surface area contributed by atoms with Crippen LogP contribution < -0.4 is 16.6 Å². The van der Waals surface area contributed by atoms with Crippen LogP contribution >= 0.6 is 11.6 Å². The molecule has 0 saturated carbocycles. The molecule has 6 nitrogen and oxygen atoms in total. The Hall–Kier alpha value is -2.62. The second-order valence-corrected chi connectivity index (χ2v) is 4.26. The van der Waals surface area contributed by atoms with E-state index in [1.54, 1.807) is 6.07 Å². The maximum absolute atomic E-state index is 12.2. The fraction of sp³-hybridized carbons (Fsp3) is 0. The zero-order valence-electron chi connectivity index (χ0n) is 10.2. The fourth-order valence-electron chi connectivity index (χ4n) is 1.61. The number of carbonyl (C=O) groups excluding carboxylic acids is 1. The van der Waals surface area contributed by atoms with Gasteiger partial charge in [0.25, 0.3) is 5.91 Å². The summed E-state index contributed by atoms with van der Waals surface area (Å²) in [7, 11) is 0. The smallest absolute Gasteiger partial charge is 0.257 e. The van der Waals surface area contributed by atoms with Gasteiger partial charge in [-0.15, -0.1) is 0 Å². The van der Waals surface area contributed by atoms with Crippen molar-refractivity contribution in [3.63, 3.8) is 0 Å². The molecule has 1 aromatic heterocycles. The summed E-state index contributed by atoms with van der Waals surface area (Å²) >= 11 is 5.86. The molecule has 100 valence electrons. The van der Waals surface area contributed by atoms with Crippen LogP contribution in [0.3, 0.4) is 0 Å². The molecule has 0 aliphatic carbocycles. The van der Waals surface area contributed by atoms with Crippen molar-refractivity contribution < 1.29 is 4.79 Å². The summed E-state index contributed by atoms with van der Waals surface area (Å²) in [6.45, 7) is 0. The lowest BCUT2D eigenvalue weighted by atomic mass is 10.1. The van der Waals surface area contributed by atoms with E-state index in [4.69, 9.17) is 22.7 Å². The van der Waals surface area contributed by atoms with E-state index in [0.29, 0.717) is 27.5 Å². The number of hydrogen-bond acceptors (Lipinski definition) is 5. The van der Waals surface area contributed by atoms with Crippen molar-refractivity contribution in [3.8, 4) is 6.07 Å². The lowest BCUT2D eigenvalue weighted by Gasteiger charge is -2.10. The van der Waals surface area contributed by atoms with E-state index in [9.17, 15) is 4.79 Å². The van der Waals surface area contributed by atoms with Crippen LogP contribution in [0, 0.1) is 11.3 Å². The summed E-state index contributed by atoms with van der Waals surface area (Å²) in [5.74, 6) is 4.90. The summed E-state index contributed by atoms with van der Waals surface area (Å²) in [4.78, 5) is 16.0. The molecule has 0 unspecified atom stereocenters. The number of nitrogens with two attached hydrogens (primary N) is 1. The van der Waals surface area contributed by atoms with E-state index in [-0.39, 0.29) is 0 Å². The van der Waals surface area contributed by atoms with Crippen LogP contribution in [0.2, 0.25) is 5.02 Å². The SMILES string of the molecule is N#Cc1ccc(Cl)cc1NC(=O)c1ccncc1NN. The summed E-state index contributed by atoms with van der Waals surface area (Å²) in [6, 6.07) is 8.12. The minimum absolute atomic E-state index is 0.311. The van der Waals surface area contributed by atoms with Crippen molar-refractivity contribution in [1.82, 2.24) is 4.98 Å². The quantitative estimate of drug-likeness (QED) is 0.593. The molecule has 0 aliphatic heterocycles. The predicted molar refractivity (Wildman–Crippen MR) is 76.2 cm³/mol. The Morgan fingerprint density at radius 3 is 2.85 bits per heavy atom. The van der Waals surface area contributed by atoms with Gasteiger partial charge in [-0.3, -0.25) is 15.6 Å². The molecule has 0 aliphatic rings. The first-order valence-corrected chi connectivity index (χ1v) is 5.95. The van der Waals surface area contributed by atoms with Crippen LogP contribution in [-0.4, -0.2) is 10.9 Å². The molecule has 0 radical (unpaired) electrons. The number of nitrogen functional groups attached to an aromatic ring is 1. The van der Waals surface area contributed by atoms with Gasteiger partial charge in [-0.05, 0) is 24.3 Å². The van der Waals surface area contributed by atoms with E-state index in [1.807, 2.05) is 6.07 Å². The number of nitriles is 1. The number of benzene rings is 1. The monoisotopic (exact) mass is 287 g/mol. The van der Waals surface area contributed by atoms with Gasteiger partial charge >= 0.3 is 0 Å². The molecule has 1 amide bonds. The molecule has 4 N–H and O–H groups in total. The summed E-state index contributed by atoms with van der Waals surface area (Å²) in [5.41, 5.74) is 3.74. The van der Waals surface area contributed by atoms with Gasteiger partial charge in [0.2, 0.25) is 0 Å². The molecule has 7 heteroatoms. The van der Waals surface area contributed by atoms with E-state index >= 15 is 0 Å². The first-order chi connectivity index (χ1) is 9.65. The molecule has 20 heavy (non-hydrogen) atoms. The van der Waals surface area contributed by atoms with Gasteiger partial charge in [0.05, 0.1) is 28.7 Å². The first-order valence-electron chi connectivity index (χ1n) is 5.57. The molecular formula is C13H10ClN5O. The van der Waals surface area contributed by atoms with Gasteiger partial charge in [0.15, 0.2) is 0 Å². The van der Waals surface area contributed by atoms with Gasteiger partial charge in [-0.1, -0.05) is 11.6 Å². The van der Waals surface area contributed by atoms with E-state index in [2.05, 4.69) is 15.7 Å². The van der Waals surface area contributed by atoms with Gasteiger partial charge in [0.1, 0.15) is 6.07 Å². The number of hydrazine groups is 1. The standard InChI is InChI=1S/C13H10ClN5O/c14-9-2-1-8(6-15)11(5-9)18-13(20)10-3-4-17-7-12(10)19-16/h1-5,7,19H,16H2,(H,18,20). The summed E-state index contributed by atoms with van der Waals surface area (Å²) < 4.78 is 0. The van der Waals surface area contributed by atoms with Crippen molar-refractivity contribution in [3.05, 3.63) is 52.8 Å². The highest BCUT2D eigenvalue weighted by atomic mass is 35.5. The average Bonchev–Trinajstić information content (AvgIpc) is 2.47. The number of anilines is 2. The van der Waals surface area contributed by atoms with Crippen LogP contribution in [0.25, 0.3) is 0 Å². The number of nitrogens with one attached hydrogen (secondary N) is 2. The number of pyridine rings is 1. The first kappa shape index (κ1) is 13.8. The second-order valence-electron chi connectivity index (χ2n) is 3.82. The molecule has 0 atom stereocenters. The van der Waals surface area contributed by atoms with Crippen LogP contribution in [0.5, 0.6) is 0 Å². The largest absolute Gasteiger partial charge is 0.322 e. The molecule has 1 heterocycles. The highest BCUT2D eigenvalue weighted by Crippen LogP contribution is 2.22. The number of hydrogen-bond donors (Lipinski definition) is 3. The number of rotatable bonds is 3. The zero-order valence-corrected chi connectivity index (χ0v) is 11.0. The summed E-state index contributed by atoms with van der Waals surface area (Å²) in [6.07, 6.45) is 2.90. The minimum atomic E-state index is -0.417. The molecule has 0 fully saturated rings. The van der Waals surface area contributed by atoms with Gasteiger partial charge < -0.3 is 10.7 Å². The Morgan fingerprint density at radius 1 is 1.35 bits per heavy atom. The Bertz CT molecular complexity index is 695. The van der Waals surface area contributed by atoms with E-state index in [1.165, 1.54) is 30.6 Å². The third-order valence-electron chi connectivity index (χ3n) is 2.57. The van der Waals surface area contributed by atoms with Crippen molar-refractivity contribution in [2.45, 2.75) is 0 Å². The number of halogens is 1. The maximum Gasteiger partial charge on any atom is 0.257 e. The van der Waals surface area contributed by atoms with E-state index < -0.39 is 5.91 Å². The van der Waals surface area contributed by atoms with Crippen molar-refractivity contribution in [2.75, 3.05) is 10.7 Å². The minimum Gasteiger partial charge on any atom is -0.322 e. The molecular weight excluding hydrogens is 278 g/mol. The number of aromatic nitrogens is 1. The van der Waals surface area contributed by atoms with Crippen LogP contribution in [0.4, 0.5) is 11.4 Å². The lowest BCUT2D eigenvalue weighted by Crippen LogP contribution is -2.18. The second kappa shape index (κ2) is 6.02. The molecule has 0 saturated heterocycles. The van der Waals surface area contributed by atoms with Crippen LogP contribution in [0.15, 0.2) is 36.7 Å². The summed E-state index contributed by atoms with van der Waals surface area (Å²) in [5, 5.41) is 12.1. The highest BCUT2D eigenvalue weighted by Gasteiger charge is 2.13. The third kappa shape index (κ3) is 2.85. The Morgan fingerprint density at radius 2 is 2.15 bits per heavy atom.